The number of nitrogens with one attached hydrogen (secondary N) is 1. The average Bonchev–Trinajstić information content (AvgIpc) is 2.97. The molecular weight excluding hydrogens is 274 g/mol. The largest absolute Gasteiger partial charge is 0.388 e. The van der Waals surface area contributed by atoms with E-state index in [0.29, 0.717) is 19.0 Å². The molecule has 21 heavy (non-hydrogen) atoms. The first kappa shape index (κ1) is 15.1. The zero-order chi connectivity index (χ0) is 15.3. The minimum Gasteiger partial charge on any atom is -0.388 e. The van der Waals surface area contributed by atoms with Crippen LogP contribution in [-0.4, -0.2) is 55.7 Å². The Kier molecular flexibility index (Phi) is 4.66. The summed E-state index contributed by atoms with van der Waals surface area (Å²) in [7, 11) is 1.59. The smallest absolute Gasteiger partial charge is 0.257 e. The number of ether oxygens (including phenoxy) is 1. The fourth-order valence-electron chi connectivity index (χ4n) is 1.63. The molecule has 0 aliphatic rings. The fourth-order valence-corrected chi connectivity index (χ4v) is 1.63. The summed E-state index contributed by atoms with van der Waals surface area (Å²) in [5.41, 5.74) is 4.72. The summed E-state index contributed by atoms with van der Waals surface area (Å²) in [6.07, 6.45) is 3.80. The molecule has 2 aromatic heterocycles. The number of anilines is 2. The molecule has 0 spiro atoms. The molecule has 0 bridgehead atoms. The van der Waals surface area contributed by atoms with Crippen molar-refractivity contribution in [3.05, 3.63) is 18.5 Å². The second-order valence-electron chi connectivity index (χ2n) is 4.86. The molecule has 0 aliphatic carbocycles. The third-order valence-corrected chi connectivity index (χ3v) is 2.82. The topological polar surface area (TPSA) is 124 Å². The zero-order valence-corrected chi connectivity index (χ0v) is 12.0. The van der Waals surface area contributed by atoms with Crippen molar-refractivity contribution in [3.63, 3.8) is 0 Å². The third-order valence-electron chi connectivity index (χ3n) is 2.82. The predicted octanol–water partition coefficient (Wildman–Crippen LogP) is -0.161. The maximum absolute atomic E-state index is 10.2. The number of nitrogens with zero attached hydrogens (tertiary/aromatic N) is 5. The highest BCUT2D eigenvalue weighted by atomic mass is 16.5. The van der Waals surface area contributed by atoms with Gasteiger partial charge < -0.3 is 20.9 Å². The van der Waals surface area contributed by atoms with E-state index >= 15 is 0 Å². The maximum atomic E-state index is 10.2. The van der Waals surface area contributed by atoms with E-state index in [1.165, 1.54) is 4.68 Å². The highest BCUT2D eigenvalue weighted by Gasteiger charge is 2.20. The van der Waals surface area contributed by atoms with Crippen molar-refractivity contribution in [2.24, 2.45) is 0 Å². The van der Waals surface area contributed by atoms with Gasteiger partial charge in [-0.25, -0.2) is 4.68 Å². The summed E-state index contributed by atoms with van der Waals surface area (Å²) >= 11 is 0. The molecule has 0 amide bonds. The summed E-state index contributed by atoms with van der Waals surface area (Å²) in [6, 6.07) is 1.75. The van der Waals surface area contributed by atoms with Crippen LogP contribution in [0.15, 0.2) is 18.5 Å². The minimum absolute atomic E-state index is 0.0783. The molecule has 2 rings (SSSR count). The normalized spacial score (nSPS) is 13.9. The fraction of sp³-hybridized carbons (Fsp3) is 0.500. The van der Waals surface area contributed by atoms with Crippen LogP contribution in [0.2, 0.25) is 0 Å². The van der Waals surface area contributed by atoms with Crippen LogP contribution in [0.3, 0.4) is 0 Å². The van der Waals surface area contributed by atoms with Gasteiger partial charge in [0.05, 0.1) is 5.60 Å². The van der Waals surface area contributed by atoms with Gasteiger partial charge in [-0.05, 0) is 13.0 Å². The molecule has 0 aliphatic heterocycles. The minimum atomic E-state index is -0.941. The molecule has 9 heteroatoms. The molecule has 4 N–H and O–H groups in total. The second kappa shape index (κ2) is 6.46. The number of hydrogen-bond donors (Lipinski definition) is 3. The van der Waals surface area contributed by atoms with Gasteiger partial charge in [-0.3, -0.25) is 0 Å². The monoisotopic (exact) mass is 293 g/mol. The van der Waals surface area contributed by atoms with Crippen molar-refractivity contribution in [3.8, 4) is 5.95 Å². The highest BCUT2D eigenvalue weighted by molar-refractivity contribution is 5.35. The summed E-state index contributed by atoms with van der Waals surface area (Å²) in [5.74, 6) is 0.673. The summed E-state index contributed by atoms with van der Waals surface area (Å²) in [4.78, 5) is 12.2. The van der Waals surface area contributed by atoms with E-state index in [0.717, 1.165) is 0 Å². The Morgan fingerprint density at radius 2 is 2.24 bits per heavy atom. The van der Waals surface area contributed by atoms with Crippen molar-refractivity contribution in [2.45, 2.75) is 18.9 Å². The molecule has 0 aromatic carbocycles. The number of methoxy groups -OCH3 is 1. The van der Waals surface area contributed by atoms with E-state index in [1.54, 1.807) is 32.5 Å². The van der Waals surface area contributed by atoms with Gasteiger partial charge >= 0.3 is 0 Å². The Morgan fingerprint density at radius 3 is 2.90 bits per heavy atom. The molecule has 0 saturated heterocycles. The third kappa shape index (κ3) is 4.36. The molecule has 0 radical (unpaired) electrons. The van der Waals surface area contributed by atoms with Gasteiger partial charge in [-0.2, -0.15) is 20.1 Å². The molecule has 114 valence electrons. The molecule has 1 unspecified atom stereocenters. The van der Waals surface area contributed by atoms with E-state index in [2.05, 4.69) is 25.4 Å². The van der Waals surface area contributed by atoms with E-state index < -0.39 is 5.60 Å². The quantitative estimate of drug-likeness (QED) is 0.643. The van der Waals surface area contributed by atoms with Gasteiger partial charge in [0.25, 0.3) is 5.95 Å². The Morgan fingerprint density at radius 1 is 1.43 bits per heavy atom. The molecule has 9 nitrogen and oxygen atoms in total. The first-order valence-corrected chi connectivity index (χ1v) is 6.47. The van der Waals surface area contributed by atoms with Crippen molar-refractivity contribution in [1.82, 2.24) is 24.7 Å². The first-order chi connectivity index (χ1) is 10.00. The Labute approximate surface area is 122 Å². The molecule has 2 heterocycles. The van der Waals surface area contributed by atoms with Gasteiger partial charge in [-0.15, -0.1) is 0 Å². The van der Waals surface area contributed by atoms with Crippen LogP contribution < -0.4 is 11.1 Å². The Bertz CT molecular complexity index is 571. The molecule has 0 saturated carbocycles. The lowest BCUT2D eigenvalue weighted by molar-refractivity contribution is 0.0356. The van der Waals surface area contributed by atoms with E-state index in [-0.39, 0.29) is 18.4 Å². The highest BCUT2D eigenvalue weighted by Crippen LogP contribution is 2.12. The average molecular weight is 293 g/mol. The summed E-state index contributed by atoms with van der Waals surface area (Å²) in [6.45, 7) is 2.43. The zero-order valence-electron chi connectivity index (χ0n) is 12.0. The van der Waals surface area contributed by atoms with Crippen LogP contribution >= 0.6 is 0 Å². The van der Waals surface area contributed by atoms with Gasteiger partial charge in [0.1, 0.15) is 0 Å². The second-order valence-corrected chi connectivity index (χ2v) is 4.86. The van der Waals surface area contributed by atoms with Crippen LogP contribution in [0.1, 0.15) is 13.3 Å². The van der Waals surface area contributed by atoms with Crippen LogP contribution in [0.5, 0.6) is 0 Å². The van der Waals surface area contributed by atoms with E-state index in [4.69, 9.17) is 10.5 Å². The van der Waals surface area contributed by atoms with E-state index in [9.17, 15) is 5.11 Å². The Balaban J connectivity index is 2.07. The number of nitrogen functional groups attached to an aromatic ring is 1. The number of nitrogens with two attached hydrogens (primary N) is 1. The van der Waals surface area contributed by atoms with Crippen LogP contribution in [0, 0.1) is 0 Å². The van der Waals surface area contributed by atoms with Crippen molar-refractivity contribution < 1.29 is 9.84 Å². The van der Waals surface area contributed by atoms with Crippen LogP contribution in [0.4, 0.5) is 11.9 Å². The molecule has 2 aromatic rings. The van der Waals surface area contributed by atoms with Crippen molar-refractivity contribution in [1.29, 1.82) is 0 Å². The predicted molar refractivity (Wildman–Crippen MR) is 77.0 cm³/mol. The van der Waals surface area contributed by atoms with Crippen LogP contribution in [-0.2, 0) is 4.74 Å². The van der Waals surface area contributed by atoms with Gasteiger partial charge in [0.15, 0.2) is 0 Å². The van der Waals surface area contributed by atoms with Crippen molar-refractivity contribution in [2.75, 3.05) is 31.3 Å². The number of aromatic nitrogens is 5. The number of aliphatic hydroxyl groups is 1. The lowest BCUT2D eigenvalue weighted by Gasteiger charge is -2.23. The lowest BCUT2D eigenvalue weighted by atomic mass is 10.0. The summed E-state index contributed by atoms with van der Waals surface area (Å²) in [5, 5.41) is 17.1. The maximum Gasteiger partial charge on any atom is 0.257 e. The number of rotatable bonds is 7. The van der Waals surface area contributed by atoms with Crippen LogP contribution in [0.25, 0.3) is 5.95 Å². The molecule has 0 fully saturated rings. The van der Waals surface area contributed by atoms with E-state index in [1.807, 2.05) is 0 Å². The first-order valence-electron chi connectivity index (χ1n) is 6.47. The van der Waals surface area contributed by atoms with Gasteiger partial charge in [0.2, 0.25) is 11.9 Å². The molecule has 1 atom stereocenters. The lowest BCUT2D eigenvalue weighted by Crippen LogP contribution is -2.35. The van der Waals surface area contributed by atoms with Gasteiger partial charge in [-0.1, -0.05) is 0 Å². The number of hydrogen-bond acceptors (Lipinski definition) is 8. The Hall–Kier alpha value is -2.26. The molecular formula is C12H19N7O2. The SMILES string of the molecule is COCCC(C)(O)CNc1nc(N)nc(-n2cccn2)n1. The standard InChI is InChI=1S/C12H19N7O2/c1-12(20,4-7-21-2)8-14-10-16-9(13)17-11(18-10)19-6-3-5-15-19/h3,5-6,20H,4,7-8H2,1-2H3,(H3,13,14,16,17,18). The summed E-state index contributed by atoms with van der Waals surface area (Å²) < 4.78 is 6.43. The van der Waals surface area contributed by atoms with Crippen molar-refractivity contribution >= 4 is 11.9 Å². The van der Waals surface area contributed by atoms with Gasteiger partial charge in [0, 0.05) is 39.1 Å².